The average Bonchev–Trinajstić information content (AvgIpc) is 2.60. The zero-order valence-corrected chi connectivity index (χ0v) is 9.07. The summed E-state index contributed by atoms with van der Waals surface area (Å²) >= 11 is 0. The number of Topliss-reactive ketones (excluding diaryl/α,β-unsaturated/α-hetero) is 1. The van der Waals surface area contributed by atoms with Crippen LogP contribution in [0, 0.1) is 11.8 Å². The van der Waals surface area contributed by atoms with Gasteiger partial charge < -0.3 is 0 Å². The van der Waals surface area contributed by atoms with Crippen molar-refractivity contribution >= 4 is 16.2 Å². The van der Waals surface area contributed by atoms with E-state index in [9.17, 15) is 13.2 Å². The van der Waals surface area contributed by atoms with Crippen LogP contribution in [0.5, 0.6) is 0 Å². The van der Waals surface area contributed by atoms with Gasteiger partial charge in [-0.15, -0.1) is 0 Å². The Morgan fingerprint density at radius 3 is 2.67 bits per heavy atom. The first-order chi connectivity index (χ1) is 7.03. The largest absolute Gasteiger partial charge is 0.400 e. The third kappa shape index (κ3) is 1.97. The van der Waals surface area contributed by atoms with Crippen LogP contribution in [0.25, 0.3) is 0 Å². The first kappa shape index (κ1) is 10.8. The van der Waals surface area contributed by atoms with E-state index in [1.54, 1.807) is 19.1 Å². The van der Waals surface area contributed by atoms with Gasteiger partial charge in [0.2, 0.25) is 0 Å². The number of hydrogen-bond acceptors (Lipinski definition) is 5. The van der Waals surface area contributed by atoms with Crippen molar-refractivity contribution in [3.8, 4) is 0 Å². The zero-order valence-electron chi connectivity index (χ0n) is 8.25. The van der Waals surface area contributed by atoms with Gasteiger partial charge in [-0.05, 0) is 13.3 Å². The van der Waals surface area contributed by atoms with Crippen LogP contribution in [-0.4, -0.2) is 26.9 Å². The molecule has 6 heteroatoms. The third-order valence-electron chi connectivity index (χ3n) is 2.64. The molecule has 2 rings (SSSR count). The van der Waals surface area contributed by atoms with E-state index in [2.05, 4.69) is 4.18 Å². The molecule has 1 saturated carbocycles. The fourth-order valence-corrected chi connectivity index (χ4v) is 2.86. The highest BCUT2D eigenvalue weighted by atomic mass is 32.3. The molecule has 0 heterocycles. The predicted octanol–water partition coefficient (Wildman–Crippen LogP) is 0.428. The van der Waals surface area contributed by atoms with Crippen LogP contribution in [-0.2, 0) is 23.6 Å². The summed E-state index contributed by atoms with van der Waals surface area (Å²) in [6, 6.07) is 0. The summed E-state index contributed by atoms with van der Waals surface area (Å²) in [5.41, 5.74) is 0. The summed E-state index contributed by atoms with van der Waals surface area (Å²) in [5, 5.41) is 0. The molecule has 0 spiro atoms. The van der Waals surface area contributed by atoms with Crippen molar-refractivity contribution in [2.45, 2.75) is 19.4 Å². The molecule has 84 valence electrons. The minimum atomic E-state index is -3.95. The van der Waals surface area contributed by atoms with Gasteiger partial charge in [0, 0.05) is 5.92 Å². The Morgan fingerprint density at radius 1 is 1.47 bits per heavy atom. The Labute approximate surface area is 88.4 Å². The second kappa shape index (κ2) is 3.70. The maximum absolute atomic E-state index is 11.4. The summed E-state index contributed by atoms with van der Waals surface area (Å²) in [4.78, 5) is 11.4. The molecule has 0 aromatic carbocycles. The van der Waals surface area contributed by atoms with E-state index in [0.29, 0.717) is 6.42 Å². The molecular weight excluding hydrogens is 220 g/mol. The summed E-state index contributed by atoms with van der Waals surface area (Å²) < 4.78 is 31.6. The first-order valence-corrected chi connectivity index (χ1v) is 6.16. The second-order valence-electron chi connectivity index (χ2n) is 3.60. The molecule has 1 fully saturated rings. The number of allylic oxidation sites excluding steroid dienone is 1. The second-order valence-corrected chi connectivity index (χ2v) is 4.85. The molecule has 0 aromatic heterocycles. The van der Waals surface area contributed by atoms with E-state index in [-0.39, 0.29) is 18.3 Å². The number of ketones is 1. The molecule has 0 unspecified atom stereocenters. The molecule has 2 bridgehead atoms. The third-order valence-corrected chi connectivity index (χ3v) is 3.64. The van der Waals surface area contributed by atoms with Crippen molar-refractivity contribution in [1.29, 1.82) is 0 Å². The lowest BCUT2D eigenvalue weighted by Crippen LogP contribution is -2.25. The average molecular weight is 232 g/mol. The summed E-state index contributed by atoms with van der Waals surface area (Å²) in [6.45, 7) is 1.60. The molecule has 15 heavy (non-hydrogen) atoms. The van der Waals surface area contributed by atoms with Crippen molar-refractivity contribution in [1.82, 2.24) is 0 Å². The van der Waals surface area contributed by atoms with Crippen LogP contribution in [0.4, 0.5) is 0 Å². The summed E-state index contributed by atoms with van der Waals surface area (Å²) in [5.74, 6) is -0.534. The van der Waals surface area contributed by atoms with Gasteiger partial charge in [0.15, 0.2) is 0 Å². The van der Waals surface area contributed by atoms with Crippen molar-refractivity contribution in [2.75, 3.05) is 6.61 Å². The monoisotopic (exact) mass is 232 g/mol. The Hall–Kier alpha value is -0.720. The van der Waals surface area contributed by atoms with Crippen molar-refractivity contribution in [2.24, 2.45) is 11.8 Å². The van der Waals surface area contributed by atoms with E-state index in [1.165, 1.54) is 0 Å². The van der Waals surface area contributed by atoms with Crippen LogP contribution < -0.4 is 0 Å². The Bertz CT molecular complexity index is 397. The van der Waals surface area contributed by atoms with Crippen molar-refractivity contribution in [3.05, 3.63) is 12.2 Å². The minimum Gasteiger partial charge on any atom is -0.298 e. The zero-order chi connectivity index (χ0) is 11.1. The van der Waals surface area contributed by atoms with Gasteiger partial charge in [-0.2, -0.15) is 8.42 Å². The van der Waals surface area contributed by atoms with Crippen LogP contribution in [0.1, 0.15) is 13.3 Å². The number of fused-ring (bicyclic) bond motifs is 2. The van der Waals surface area contributed by atoms with E-state index in [4.69, 9.17) is 4.18 Å². The highest BCUT2D eigenvalue weighted by molar-refractivity contribution is 7.81. The fraction of sp³-hybridized carbons (Fsp3) is 0.667. The molecule has 0 amide bonds. The maximum atomic E-state index is 11.4. The van der Waals surface area contributed by atoms with Gasteiger partial charge in [0.1, 0.15) is 5.78 Å². The Morgan fingerprint density at radius 2 is 2.20 bits per heavy atom. The van der Waals surface area contributed by atoms with Crippen LogP contribution in [0.2, 0.25) is 0 Å². The van der Waals surface area contributed by atoms with Crippen LogP contribution in [0.15, 0.2) is 12.2 Å². The molecule has 0 aliphatic heterocycles. The van der Waals surface area contributed by atoms with Crippen LogP contribution in [0.3, 0.4) is 0 Å². The van der Waals surface area contributed by atoms with Crippen LogP contribution >= 0.6 is 0 Å². The maximum Gasteiger partial charge on any atom is 0.400 e. The molecule has 0 N–H and O–H groups in total. The van der Waals surface area contributed by atoms with Gasteiger partial charge in [0.05, 0.1) is 18.6 Å². The van der Waals surface area contributed by atoms with E-state index < -0.39 is 22.4 Å². The molecule has 2 aliphatic rings. The highest BCUT2D eigenvalue weighted by Gasteiger charge is 2.46. The number of rotatable bonds is 4. The highest BCUT2D eigenvalue weighted by Crippen LogP contribution is 2.38. The predicted molar refractivity (Wildman–Crippen MR) is 51.2 cm³/mol. The standard InChI is InChI=1S/C9H12O5S/c1-2-13-15(11,12)14-8-5-6-3-4-7(8)9(6)10/h3-4,6-8H,2,5H2,1H3/t6-,7+,8-/m1/s1. The van der Waals surface area contributed by atoms with E-state index in [1.807, 2.05) is 0 Å². The Kier molecular flexibility index (Phi) is 2.66. The number of carbonyl (C=O) groups excluding carboxylic acids is 1. The van der Waals surface area contributed by atoms with Crippen molar-refractivity contribution < 1.29 is 21.6 Å². The topological polar surface area (TPSA) is 69.7 Å². The molecule has 0 radical (unpaired) electrons. The first-order valence-electron chi connectivity index (χ1n) is 4.83. The van der Waals surface area contributed by atoms with Gasteiger partial charge in [-0.25, -0.2) is 8.37 Å². The smallest absolute Gasteiger partial charge is 0.298 e. The fourth-order valence-electron chi connectivity index (χ4n) is 2.01. The number of carbonyl (C=O) groups is 1. The molecule has 0 aromatic rings. The van der Waals surface area contributed by atoms with E-state index in [0.717, 1.165) is 0 Å². The van der Waals surface area contributed by atoms with E-state index >= 15 is 0 Å². The lowest BCUT2D eigenvalue weighted by molar-refractivity contribution is -0.121. The molecule has 3 atom stereocenters. The van der Waals surface area contributed by atoms with Crippen molar-refractivity contribution in [3.63, 3.8) is 0 Å². The molecular formula is C9H12O5S. The van der Waals surface area contributed by atoms with Gasteiger partial charge in [0.25, 0.3) is 0 Å². The lowest BCUT2D eigenvalue weighted by Gasteiger charge is -2.16. The van der Waals surface area contributed by atoms with Gasteiger partial charge in [-0.3, -0.25) is 4.79 Å². The molecule has 0 saturated heterocycles. The Balaban J connectivity index is 2.04. The SMILES string of the molecule is CCOS(=O)(=O)O[C@@H]1C[C@H]2C=C[C@@H]1C2=O. The normalized spacial score (nSPS) is 33.9. The number of hydrogen-bond donors (Lipinski definition) is 0. The summed E-state index contributed by atoms with van der Waals surface area (Å²) in [7, 11) is -3.95. The molecule has 5 nitrogen and oxygen atoms in total. The van der Waals surface area contributed by atoms with Gasteiger partial charge >= 0.3 is 10.4 Å². The minimum absolute atomic E-state index is 0.0347. The summed E-state index contributed by atoms with van der Waals surface area (Å²) in [6.07, 6.45) is 3.37. The lowest BCUT2D eigenvalue weighted by atomic mass is 10.1. The van der Waals surface area contributed by atoms with Gasteiger partial charge in [-0.1, -0.05) is 12.2 Å². The molecule has 2 aliphatic carbocycles. The quantitative estimate of drug-likeness (QED) is 0.657.